The average Bonchev–Trinajstić information content (AvgIpc) is 3.21. The van der Waals surface area contributed by atoms with Gasteiger partial charge in [-0.3, -0.25) is 9.59 Å². The molecule has 0 saturated carbocycles. The third kappa shape index (κ3) is 5.04. The van der Waals surface area contributed by atoms with Gasteiger partial charge >= 0.3 is 0 Å². The van der Waals surface area contributed by atoms with Crippen molar-refractivity contribution in [1.29, 1.82) is 0 Å². The molecule has 1 aliphatic carbocycles. The number of benzene rings is 1. The molecule has 2 amide bonds. The van der Waals surface area contributed by atoms with E-state index in [1.165, 1.54) is 0 Å². The largest absolute Gasteiger partial charge is 0.484 e. The maximum absolute atomic E-state index is 12.3. The fraction of sp³-hybridized carbons (Fsp3) is 0.231. The van der Waals surface area contributed by atoms with Crippen LogP contribution in [0.2, 0.25) is 0 Å². The number of carbonyl (C=O) groups excluding carboxylic acids is 2. The molecule has 0 radical (unpaired) electrons. The van der Waals surface area contributed by atoms with Gasteiger partial charge < -0.3 is 15.4 Å². The zero-order valence-corrected chi connectivity index (χ0v) is 17.4. The van der Waals surface area contributed by atoms with Gasteiger partial charge in [-0.2, -0.15) is 0 Å². The van der Waals surface area contributed by atoms with E-state index in [-0.39, 0.29) is 17.4 Å². The van der Waals surface area contributed by atoms with Crippen LogP contribution in [0.4, 0.5) is 5.69 Å². The zero-order chi connectivity index (χ0) is 21.6. The minimum Gasteiger partial charge on any atom is -0.484 e. The number of carbonyl (C=O) groups is 2. The van der Waals surface area contributed by atoms with Crippen molar-refractivity contribution in [3.05, 3.63) is 89.5 Å². The summed E-state index contributed by atoms with van der Waals surface area (Å²) in [5.41, 5.74) is 4.07. The summed E-state index contributed by atoms with van der Waals surface area (Å²) in [6.45, 7) is 3.22. The molecule has 1 aliphatic heterocycles. The molecule has 0 fully saturated rings. The molecule has 5 heteroatoms. The predicted molar refractivity (Wildman–Crippen MR) is 120 cm³/mol. The minimum absolute atomic E-state index is 0.164. The summed E-state index contributed by atoms with van der Waals surface area (Å²) < 4.78 is 5.99. The lowest BCUT2D eigenvalue weighted by Crippen LogP contribution is -2.34. The van der Waals surface area contributed by atoms with Crippen molar-refractivity contribution in [1.82, 2.24) is 5.32 Å². The molecule has 2 N–H and O–H groups in total. The van der Waals surface area contributed by atoms with Crippen LogP contribution in [0.25, 0.3) is 5.57 Å². The number of allylic oxidation sites excluding steroid dienone is 4. The summed E-state index contributed by atoms with van der Waals surface area (Å²) in [5, 5.41) is 5.45. The van der Waals surface area contributed by atoms with Crippen molar-refractivity contribution in [3.8, 4) is 5.75 Å². The Morgan fingerprint density at radius 2 is 2.10 bits per heavy atom. The van der Waals surface area contributed by atoms with E-state index in [1.54, 1.807) is 6.08 Å². The summed E-state index contributed by atoms with van der Waals surface area (Å²) in [5.74, 6) is 0.414. The van der Waals surface area contributed by atoms with E-state index < -0.39 is 0 Å². The van der Waals surface area contributed by atoms with Crippen LogP contribution >= 0.6 is 0 Å². The number of amides is 2. The summed E-state index contributed by atoms with van der Waals surface area (Å²) in [6, 6.07) is 17.4. The van der Waals surface area contributed by atoms with Gasteiger partial charge in [0.05, 0.1) is 6.61 Å². The van der Waals surface area contributed by atoms with Crippen LogP contribution in [0.1, 0.15) is 24.5 Å². The van der Waals surface area contributed by atoms with Crippen molar-refractivity contribution in [2.75, 3.05) is 18.5 Å². The molecule has 1 heterocycles. The number of rotatable bonds is 7. The van der Waals surface area contributed by atoms with Gasteiger partial charge in [0.2, 0.25) is 0 Å². The fourth-order valence-corrected chi connectivity index (χ4v) is 3.56. The van der Waals surface area contributed by atoms with Crippen molar-refractivity contribution < 1.29 is 14.3 Å². The van der Waals surface area contributed by atoms with Gasteiger partial charge in [-0.05, 0) is 53.8 Å². The molecule has 0 unspecified atom stereocenters. The van der Waals surface area contributed by atoms with Gasteiger partial charge in [0.25, 0.3) is 11.8 Å². The van der Waals surface area contributed by atoms with E-state index in [1.807, 2.05) is 36.4 Å². The van der Waals surface area contributed by atoms with E-state index in [4.69, 9.17) is 4.74 Å². The molecule has 1 atom stereocenters. The van der Waals surface area contributed by atoms with E-state index >= 15 is 0 Å². The van der Waals surface area contributed by atoms with Crippen LogP contribution in [0.15, 0.2) is 66.3 Å². The zero-order valence-electron chi connectivity index (χ0n) is 17.4. The highest BCUT2D eigenvalue weighted by atomic mass is 16.5. The van der Waals surface area contributed by atoms with E-state index in [2.05, 4.69) is 47.9 Å². The molecule has 0 spiro atoms. The van der Waals surface area contributed by atoms with Gasteiger partial charge in [-0.15, -0.1) is 0 Å². The summed E-state index contributed by atoms with van der Waals surface area (Å²) in [7, 11) is 0. The molecule has 2 aliphatic rings. The third-order valence-electron chi connectivity index (χ3n) is 5.21. The van der Waals surface area contributed by atoms with Gasteiger partial charge in [-0.1, -0.05) is 49.4 Å². The third-order valence-corrected chi connectivity index (χ3v) is 5.21. The Morgan fingerprint density at radius 1 is 1.26 bits per heavy atom. The van der Waals surface area contributed by atoms with Gasteiger partial charge in [0.1, 0.15) is 5.57 Å². The molecule has 31 heavy (non-hydrogen) atoms. The fourth-order valence-electron chi connectivity index (χ4n) is 3.56. The van der Waals surface area contributed by atoms with Crippen LogP contribution in [0, 0.1) is 18.1 Å². The Hall–Kier alpha value is -3.78. The van der Waals surface area contributed by atoms with Crippen LogP contribution < -0.4 is 15.4 Å². The first kappa shape index (κ1) is 20.5. The molecule has 2 aromatic rings. The van der Waals surface area contributed by atoms with Crippen molar-refractivity contribution in [3.63, 3.8) is 0 Å². The lowest BCUT2D eigenvalue weighted by molar-refractivity contribution is -0.121. The topological polar surface area (TPSA) is 67.4 Å². The standard InChI is InChI=1S/C26H24N2O3/c1-18-8-11-20(17-18)22-5-2-3-7-24(22)31-16-14-19-9-12-21(13-10-19)28-26(30)23-6-4-15-27-25(23)29/h2,5-6,8-13,17-18H,4,14-16H2,1H3,(H,27,29)(H,28,30)/t18-/m0/s1. The van der Waals surface area contributed by atoms with Crippen LogP contribution in [0.3, 0.4) is 0 Å². The van der Waals surface area contributed by atoms with Crippen molar-refractivity contribution in [2.24, 2.45) is 5.92 Å². The van der Waals surface area contributed by atoms with Crippen molar-refractivity contribution in [2.45, 2.75) is 19.8 Å². The number of nitrogens with one attached hydrogen (secondary N) is 2. The Labute approximate surface area is 182 Å². The van der Waals surface area contributed by atoms with Crippen LogP contribution in [0.5, 0.6) is 5.75 Å². The first-order valence-electron chi connectivity index (χ1n) is 10.4. The van der Waals surface area contributed by atoms with Gasteiger partial charge in [-0.25, -0.2) is 0 Å². The molecule has 0 bridgehead atoms. The smallest absolute Gasteiger partial charge is 0.260 e. The first-order valence-corrected chi connectivity index (χ1v) is 10.4. The first-order chi connectivity index (χ1) is 15.1. The normalized spacial score (nSPS) is 17.3. The van der Waals surface area contributed by atoms with Gasteiger partial charge in [0, 0.05) is 24.2 Å². The summed E-state index contributed by atoms with van der Waals surface area (Å²) in [6.07, 6.45) is 9.53. The highest BCUT2D eigenvalue weighted by Crippen LogP contribution is 2.30. The average molecular weight is 412 g/mol. The molecular weight excluding hydrogens is 388 g/mol. The number of ether oxygens (including phenoxy) is 1. The van der Waals surface area contributed by atoms with E-state index in [0.717, 1.165) is 23.1 Å². The quantitative estimate of drug-likeness (QED) is 0.678. The molecule has 4 rings (SSSR count). The Balaban J connectivity index is 1.32. The summed E-state index contributed by atoms with van der Waals surface area (Å²) in [4.78, 5) is 24.1. The van der Waals surface area contributed by atoms with Crippen molar-refractivity contribution >= 4 is 23.1 Å². The lowest BCUT2D eigenvalue weighted by atomic mass is 10.1. The Kier molecular flexibility index (Phi) is 6.18. The monoisotopic (exact) mass is 412 g/mol. The van der Waals surface area contributed by atoms with E-state index in [9.17, 15) is 9.59 Å². The van der Waals surface area contributed by atoms with E-state index in [0.29, 0.717) is 36.9 Å². The molecule has 2 aromatic carbocycles. The number of hydrogen-bond acceptors (Lipinski definition) is 3. The molecule has 0 saturated heterocycles. The number of anilines is 1. The molecule has 156 valence electrons. The maximum atomic E-state index is 12.3. The second-order valence-corrected chi connectivity index (χ2v) is 7.60. The predicted octanol–water partition coefficient (Wildman–Crippen LogP) is 3.88. The minimum atomic E-state index is -0.388. The lowest BCUT2D eigenvalue weighted by Gasteiger charge is -2.13. The molecular formula is C26H24N2O3. The summed E-state index contributed by atoms with van der Waals surface area (Å²) >= 11 is 0. The number of hydrogen-bond donors (Lipinski definition) is 2. The second kappa shape index (κ2) is 9.36. The molecule has 5 nitrogen and oxygen atoms in total. The molecule has 0 aromatic heterocycles. The highest BCUT2D eigenvalue weighted by molar-refractivity contribution is 6.23. The maximum Gasteiger partial charge on any atom is 0.260 e. The van der Waals surface area contributed by atoms with Crippen LogP contribution in [-0.4, -0.2) is 25.0 Å². The SMILES string of the molecule is C[C@H]1C=CC(c2ccc#cc2OCCc2ccc(NC(=O)C3=CCCNC3=O)cc2)=C1. The second-order valence-electron chi connectivity index (χ2n) is 7.60. The Morgan fingerprint density at radius 3 is 2.84 bits per heavy atom. The highest BCUT2D eigenvalue weighted by Gasteiger charge is 2.20. The van der Waals surface area contributed by atoms with Gasteiger partial charge in [0.15, 0.2) is 5.75 Å². The Bertz CT molecular complexity index is 1060. The van der Waals surface area contributed by atoms with Crippen LogP contribution in [-0.2, 0) is 16.0 Å².